The number of benzene rings is 1. The van der Waals surface area contributed by atoms with Gasteiger partial charge in [-0.2, -0.15) is 0 Å². The zero-order valence-electron chi connectivity index (χ0n) is 8.72. The molecular weight excluding hydrogens is 202 g/mol. The monoisotopic (exact) mass is 213 g/mol. The van der Waals surface area contributed by atoms with E-state index in [-0.39, 0.29) is 0 Å². The van der Waals surface area contributed by atoms with Crippen LogP contribution in [-0.4, -0.2) is 18.2 Å². The van der Waals surface area contributed by atoms with Gasteiger partial charge in [0.25, 0.3) is 0 Å². The van der Waals surface area contributed by atoms with Crippen LogP contribution in [0.5, 0.6) is 0 Å². The lowest BCUT2D eigenvalue weighted by Gasteiger charge is -2.15. The van der Waals surface area contributed by atoms with Crippen LogP contribution in [0, 0.1) is 0 Å². The molecule has 3 nitrogen and oxygen atoms in total. The van der Waals surface area contributed by atoms with Crippen molar-refractivity contribution in [1.82, 2.24) is 4.98 Å². The minimum absolute atomic E-state index is 0.650. The lowest BCUT2D eigenvalue weighted by atomic mass is 10.2. The van der Waals surface area contributed by atoms with E-state index in [1.165, 1.54) is 5.57 Å². The number of oxazole rings is 1. The van der Waals surface area contributed by atoms with Crippen LogP contribution in [0.2, 0.25) is 0 Å². The molecule has 0 spiro atoms. The second-order valence-electron chi connectivity index (χ2n) is 3.72. The first-order chi connectivity index (χ1) is 7.92. The Balaban J connectivity index is 1.88. The third-order valence-electron chi connectivity index (χ3n) is 2.48. The molecule has 2 aromatic rings. The van der Waals surface area contributed by atoms with E-state index in [0.717, 1.165) is 11.3 Å². The molecule has 1 aliphatic rings. The molecule has 0 radical (unpaired) electrons. The summed E-state index contributed by atoms with van der Waals surface area (Å²) in [4.78, 5) is 4.22. The zero-order valence-corrected chi connectivity index (χ0v) is 8.72. The van der Waals surface area contributed by atoms with Gasteiger partial charge in [-0.15, -0.1) is 0 Å². The third kappa shape index (κ3) is 1.77. The average molecular weight is 213 g/mol. The Morgan fingerprint density at radius 1 is 1.12 bits per heavy atom. The van der Waals surface area contributed by atoms with Gasteiger partial charge in [-0.25, -0.2) is 4.98 Å². The predicted octanol–water partition coefficient (Wildman–Crippen LogP) is 2.76. The number of ether oxygens (including phenoxy) is 1. The Kier molecular flexibility index (Phi) is 2.31. The molecule has 1 aromatic carbocycles. The molecule has 0 aliphatic carbocycles. The molecule has 0 saturated carbocycles. The summed E-state index contributed by atoms with van der Waals surface area (Å²) in [5, 5.41) is 0. The number of nitrogens with zero attached hydrogens (tertiary/aromatic N) is 1. The van der Waals surface area contributed by atoms with E-state index in [2.05, 4.69) is 4.98 Å². The van der Waals surface area contributed by atoms with Crippen LogP contribution in [-0.2, 0) is 4.74 Å². The average Bonchev–Trinajstić information content (AvgIpc) is 2.73. The van der Waals surface area contributed by atoms with Crippen LogP contribution < -0.4 is 0 Å². The molecule has 80 valence electrons. The second kappa shape index (κ2) is 3.94. The molecule has 0 atom stereocenters. The molecule has 1 fully saturated rings. The molecule has 0 unspecified atom stereocenters. The molecule has 0 bridgehead atoms. The maximum absolute atomic E-state index is 5.63. The SMILES string of the molecule is C(=C1COC1)c1ncc(-c2ccccc2)o1. The zero-order chi connectivity index (χ0) is 10.8. The van der Waals surface area contributed by atoms with Crippen LogP contribution in [0.15, 0.2) is 46.5 Å². The highest BCUT2D eigenvalue weighted by molar-refractivity contribution is 5.57. The molecule has 1 saturated heterocycles. The highest BCUT2D eigenvalue weighted by atomic mass is 16.5. The van der Waals surface area contributed by atoms with Crippen LogP contribution >= 0.6 is 0 Å². The number of rotatable bonds is 2. The first-order valence-corrected chi connectivity index (χ1v) is 5.20. The smallest absolute Gasteiger partial charge is 0.219 e. The van der Waals surface area contributed by atoms with Gasteiger partial charge in [-0.3, -0.25) is 0 Å². The van der Waals surface area contributed by atoms with Crippen molar-refractivity contribution in [3.05, 3.63) is 48.0 Å². The largest absolute Gasteiger partial charge is 0.437 e. The summed E-state index contributed by atoms with van der Waals surface area (Å²) in [6, 6.07) is 9.95. The molecule has 0 amide bonds. The van der Waals surface area contributed by atoms with Gasteiger partial charge in [0.2, 0.25) is 5.89 Å². The first-order valence-electron chi connectivity index (χ1n) is 5.20. The number of hydrogen-bond acceptors (Lipinski definition) is 3. The summed E-state index contributed by atoms with van der Waals surface area (Å²) in [6.07, 6.45) is 3.69. The molecular formula is C13H11NO2. The van der Waals surface area contributed by atoms with Crippen molar-refractivity contribution >= 4 is 6.08 Å². The van der Waals surface area contributed by atoms with Gasteiger partial charge in [0.05, 0.1) is 19.4 Å². The maximum atomic E-state index is 5.63. The minimum atomic E-state index is 0.650. The Labute approximate surface area is 93.4 Å². The normalized spacial score (nSPS) is 14.6. The lowest BCUT2D eigenvalue weighted by molar-refractivity contribution is 0.105. The lowest BCUT2D eigenvalue weighted by Crippen LogP contribution is -2.15. The van der Waals surface area contributed by atoms with Crippen molar-refractivity contribution in [3.63, 3.8) is 0 Å². The highest BCUT2D eigenvalue weighted by Gasteiger charge is 2.11. The summed E-state index contributed by atoms with van der Waals surface area (Å²) in [5.74, 6) is 1.45. The van der Waals surface area contributed by atoms with Gasteiger partial charge in [0.15, 0.2) is 5.76 Å². The fraction of sp³-hybridized carbons (Fsp3) is 0.154. The van der Waals surface area contributed by atoms with E-state index < -0.39 is 0 Å². The standard InChI is InChI=1S/C13H11NO2/c1-2-4-11(5-3-1)12-7-14-13(16-12)6-10-8-15-9-10/h1-7H,8-9H2. The minimum Gasteiger partial charge on any atom is -0.437 e. The number of hydrogen-bond donors (Lipinski definition) is 0. The molecule has 0 N–H and O–H groups in total. The van der Waals surface area contributed by atoms with E-state index in [0.29, 0.717) is 19.1 Å². The van der Waals surface area contributed by atoms with Gasteiger partial charge in [0.1, 0.15) is 0 Å². The number of aromatic nitrogens is 1. The fourth-order valence-corrected chi connectivity index (χ4v) is 1.57. The summed E-state index contributed by atoms with van der Waals surface area (Å²) >= 11 is 0. The summed E-state index contributed by atoms with van der Waals surface area (Å²) < 4.78 is 10.7. The van der Waals surface area contributed by atoms with Crippen molar-refractivity contribution in [3.8, 4) is 11.3 Å². The van der Waals surface area contributed by atoms with Gasteiger partial charge < -0.3 is 9.15 Å². The van der Waals surface area contributed by atoms with E-state index in [1.807, 2.05) is 36.4 Å². The van der Waals surface area contributed by atoms with Crippen molar-refractivity contribution in [2.24, 2.45) is 0 Å². The van der Waals surface area contributed by atoms with Crippen molar-refractivity contribution in [2.75, 3.05) is 13.2 Å². The molecule has 3 heteroatoms. The maximum Gasteiger partial charge on any atom is 0.219 e. The second-order valence-corrected chi connectivity index (χ2v) is 3.72. The Bertz CT molecular complexity index is 508. The highest BCUT2D eigenvalue weighted by Crippen LogP contribution is 2.21. The van der Waals surface area contributed by atoms with Gasteiger partial charge in [0, 0.05) is 11.6 Å². The Morgan fingerprint density at radius 3 is 2.62 bits per heavy atom. The van der Waals surface area contributed by atoms with Gasteiger partial charge >= 0.3 is 0 Å². The molecule has 3 rings (SSSR count). The van der Waals surface area contributed by atoms with Crippen molar-refractivity contribution in [1.29, 1.82) is 0 Å². The molecule has 1 aliphatic heterocycles. The van der Waals surface area contributed by atoms with Gasteiger partial charge in [-0.1, -0.05) is 30.3 Å². The summed E-state index contributed by atoms with van der Waals surface area (Å²) in [5.41, 5.74) is 2.27. The van der Waals surface area contributed by atoms with E-state index in [1.54, 1.807) is 6.20 Å². The van der Waals surface area contributed by atoms with Gasteiger partial charge in [-0.05, 0) is 5.57 Å². The summed E-state index contributed by atoms with van der Waals surface area (Å²) in [7, 11) is 0. The van der Waals surface area contributed by atoms with Crippen LogP contribution in [0.4, 0.5) is 0 Å². The Hall–Kier alpha value is -1.87. The quantitative estimate of drug-likeness (QED) is 0.769. The molecule has 16 heavy (non-hydrogen) atoms. The van der Waals surface area contributed by atoms with Crippen LogP contribution in [0.1, 0.15) is 5.89 Å². The van der Waals surface area contributed by atoms with E-state index in [4.69, 9.17) is 9.15 Å². The third-order valence-corrected chi connectivity index (χ3v) is 2.48. The summed E-state index contributed by atoms with van der Waals surface area (Å²) in [6.45, 7) is 1.39. The predicted molar refractivity (Wildman–Crippen MR) is 60.7 cm³/mol. The van der Waals surface area contributed by atoms with Crippen molar-refractivity contribution < 1.29 is 9.15 Å². The van der Waals surface area contributed by atoms with Crippen molar-refractivity contribution in [2.45, 2.75) is 0 Å². The van der Waals surface area contributed by atoms with E-state index in [9.17, 15) is 0 Å². The van der Waals surface area contributed by atoms with Crippen LogP contribution in [0.25, 0.3) is 17.4 Å². The first kappa shape index (κ1) is 9.36. The topological polar surface area (TPSA) is 35.3 Å². The Morgan fingerprint density at radius 2 is 1.94 bits per heavy atom. The fourth-order valence-electron chi connectivity index (χ4n) is 1.57. The van der Waals surface area contributed by atoms with Crippen LogP contribution in [0.3, 0.4) is 0 Å². The van der Waals surface area contributed by atoms with E-state index >= 15 is 0 Å². The molecule has 2 heterocycles. The molecule has 1 aromatic heterocycles.